The first-order valence-electron chi connectivity index (χ1n) is 6.52. The van der Waals surface area contributed by atoms with Gasteiger partial charge in [-0.2, -0.15) is 0 Å². The number of allylic oxidation sites excluding steroid dienone is 1. The normalized spacial score (nSPS) is 14.4. The number of aryl methyl sites for hydroxylation is 1. The number of carbonyl (C=O) groups is 1. The van der Waals surface area contributed by atoms with E-state index in [-0.39, 0.29) is 6.03 Å². The summed E-state index contributed by atoms with van der Waals surface area (Å²) in [6, 6.07) is 8.02. The van der Waals surface area contributed by atoms with Crippen molar-refractivity contribution in [2.75, 3.05) is 0 Å². The molecule has 96 valence electrons. The highest BCUT2D eigenvalue weighted by Gasteiger charge is 2.06. The van der Waals surface area contributed by atoms with Crippen LogP contribution in [0.4, 0.5) is 4.79 Å². The maximum atomic E-state index is 11.6. The minimum atomic E-state index is -0.129. The molecule has 1 aliphatic carbocycles. The summed E-state index contributed by atoms with van der Waals surface area (Å²) in [5, 5.41) is 5.65. The molecule has 0 saturated heterocycles. The SMILES string of the molecule is Cc1cccc(CNC(=O)NC=C2CCCC2)c1. The van der Waals surface area contributed by atoms with Gasteiger partial charge in [0.05, 0.1) is 0 Å². The zero-order valence-corrected chi connectivity index (χ0v) is 10.8. The zero-order valence-electron chi connectivity index (χ0n) is 10.8. The molecule has 1 aromatic carbocycles. The van der Waals surface area contributed by atoms with Gasteiger partial charge in [-0.1, -0.05) is 35.4 Å². The van der Waals surface area contributed by atoms with Crippen LogP contribution in [-0.4, -0.2) is 6.03 Å². The molecule has 0 unspecified atom stereocenters. The van der Waals surface area contributed by atoms with E-state index in [1.54, 1.807) is 0 Å². The fraction of sp³-hybridized carbons (Fsp3) is 0.400. The molecular formula is C15H20N2O. The van der Waals surface area contributed by atoms with E-state index in [1.165, 1.54) is 24.0 Å². The Kier molecular flexibility index (Phi) is 4.40. The highest BCUT2D eigenvalue weighted by atomic mass is 16.2. The van der Waals surface area contributed by atoms with E-state index < -0.39 is 0 Å². The minimum Gasteiger partial charge on any atom is -0.334 e. The molecule has 2 N–H and O–H groups in total. The Morgan fingerprint density at radius 3 is 2.83 bits per heavy atom. The second-order valence-corrected chi connectivity index (χ2v) is 4.83. The van der Waals surface area contributed by atoms with Gasteiger partial charge in [-0.15, -0.1) is 0 Å². The average Bonchev–Trinajstić information content (AvgIpc) is 2.87. The van der Waals surface area contributed by atoms with Crippen LogP contribution in [0.15, 0.2) is 36.0 Å². The minimum absolute atomic E-state index is 0.129. The van der Waals surface area contributed by atoms with Crippen LogP contribution in [0.1, 0.15) is 36.8 Å². The largest absolute Gasteiger partial charge is 0.334 e. The molecule has 1 aromatic rings. The third-order valence-corrected chi connectivity index (χ3v) is 3.19. The number of hydrogen-bond acceptors (Lipinski definition) is 1. The van der Waals surface area contributed by atoms with Crippen LogP contribution < -0.4 is 10.6 Å². The monoisotopic (exact) mass is 244 g/mol. The van der Waals surface area contributed by atoms with Gasteiger partial charge in [0, 0.05) is 12.7 Å². The van der Waals surface area contributed by atoms with Gasteiger partial charge in [0.1, 0.15) is 0 Å². The van der Waals surface area contributed by atoms with Gasteiger partial charge in [-0.3, -0.25) is 0 Å². The molecule has 0 atom stereocenters. The van der Waals surface area contributed by atoms with E-state index in [0.29, 0.717) is 6.54 Å². The maximum Gasteiger partial charge on any atom is 0.319 e. The summed E-state index contributed by atoms with van der Waals surface area (Å²) >= 11 is 0. The lowest BCUT2D eigenvalue weighted by Crippen LogP contribution is -2.31. The summed E-state index contributed by atoms with van der Waals surface area (Å²) in [6.07, 6.45) is 6.60. The molecule has 18 heavy (non-hydrogen) atoms. The summed E-state index contributed by atoms with van der Waals surface area (Å²) in [5.74, 6) is 0. The van der Waals surface area contributed by atoms with E-state index in [9.17, 15) is 4.79 Å². The first-order valence-corrected chi connectivity index (χ1v) is 6.52. The van der Waals surface area contributed by atoms with Crippen molar-refractivity contribution in [1.29, 1.82) is 0 Å². The molecule has 3 nitrogen and oxygen atoms in total. The smallest absolute Gasteiger partial charge is 0.319 e. The molecule has 0 radical (unpaired) electrons. The van der Waals surface area contributed by atoms with Crippen LogP contribution in [0.5, 0.6) is 0 Å². The summed E-state index contributed by atoms with van der Waals surface area (Å²) in [4.78, 5) is 11.6. The fourth-order valence-corrected chi connectivity index (χ4v) is 2.20. The number of carbonyl (C=O) groups excluding carboxylic acids is 1. The Morgan fingerprint density at radius 1 is 1.33 bits per heavy atom. The first-order chi connectivity index (χ1) is 8.74. The van der Waals surface area contributed by atoms with Crippen LogP contribution in [0, 0.1) is 6.92 Å². The second kappa shape index (κ2) is 6.24. The van der Waals surface area contributed by atoms with Crippen LogP contribution in [-0.2, 0) is 6.54 Å². The van der Waals surface area contributed by atoms with Crippen LogP contribution in [0.3, 0.4) is 0 Å². The number of urea groups is 1. The second-order valence-electron chi connectivity index (χ2n) is 4.83. The van der Waals surface area contributed by atoms with Gasteiger partial charge in [-0.25, -0.2) is 4.79 Å². The first kappa shape index (κ1) is 12.7. The van der Waals surface area contributed by atoms with Gasteiger partial charge >= 0.3 is 6.03 Å². The summed E-state index contributed by atoms with van der Waals surface area (Å²) in [6.45, 7) is 2.62. The summed E-state index contributed by atoms with van der Waals surface area (Å²) < 4.78 is 0. The average molecular weight is 244 g/mol. The Hall–Kier alpha value is -1.77. The Balaban J connectivity index is 1.76. The lowest BCUT2D eigenvalue weighted by Gasteiger charge is -2.06. The van der Waals surface area contributed by atoms with Crippen LogP contribution in [0.2, 0.25) is 0 Å². The quantitative estimate of drug-likeness (QED) is 0.842. The van der Waals surface area contributed by atoms with Crippen LogP contribution in [0.25, 0.3) is 0 Å². The van der Waals surface area contributed by atoms with E-state index in [2.05, 4.69) is 16.7 Å². The van der Waals surface area contributed by atoms with Crippen LogP contribution >= 0.6 is 0 Å². The predicted molar refractivity (Wildman–Crippen MR) is 73.1 cm³/mol. The number of hydrogen-bond donors (Lipinski definition) is 2. The molecule has 1 fully saturated rings. The van der Waals surface area contributed by atoms with Crippen molar-refractivity contribution in [3.8, 4) is 0 Å². The highest BCUT2D eigenvalue weighted by molar-refractivity contribution is 5.75. The Labute approximate surface area is 108 Å². The third kappa shape index (κ3) is 3.91. The van der Waals surface area contributed by atoms with Gasteiger partial charge < -0.3 is 10.6 Å². The standard InChI is InChI=1S/C15H20N2O/c1-12-5-4-8-14(9-12)11-17-15(18)16-10-13-6-2-3-7-13/h4-5,8-10H,2-3,6-7,11H2,1H3,(H2,16,17,18). The number of amides is 2. The highest BCUT2D eigenvalue weighted by Crippen LogP contribution is 2.22. The Bertz CT molecular complexity index is 444. The van der Waals surface area contributed by atoms with Gasteiger partial charge in [-0.05, 0) is 38.2 Å². The van der Waals surface area contributed by atoms with Crippen molar-refractivity contribution in [2.45, 2.75) is 39.2 Å². The summed E-state index contributed by atoms with van der Waals surface area (Å²) in [5.41, 5.74) is 3.68. The predicted octanol–water partition coefficient (Wildman–Crippen LogP) is 3.25. The fourth-order valence-electron chi connectivity index (χ4n) is 2.20. The number of nitrogens with one attached hydrogen (secondary N) is 2. The lowest BCUT2D eigenvalue weighted by molar-refractivity contribution is 0.243. The lowest BCUT2D eigenvalue weighted by atomic mass is 10.1. The van der Waals surface area contributed by atoms with Crippen molar-refractivity contribution in [3.05, 3.63) is 47.2 Å². The van der Waals surface area contributed by atoms with Gasteiger partial charge in [0.2, 0.25) is 0 Å². The van der Waals surface area contributed by atoms with Crippen molar-refractivity contribution in [3.63, 3.8) is 0 Å². The molecule has 0 heterocycles. The number of rotatable bonds is 3. The molecular weight excluding hydrogens is 224 g/mol. The van der Waals surface area contributed by atoms with Gasteiger partial charge in [0.25, 0.3) is 0 Å². The van der Waals surface area contributed by atoms with Crippen molar-refractivity contribution in [2.24, 2.45) is 0 Å². The maximum absolute atomic E-state index is 11.6. The van der Waals surface area contributed by atoms with Crippen molar-refractivity contribution < 1.29 is 4.79 Å². The molecule has 0 aromatic heterocycles. The topological polar surface area (TPSA) is 41.1 Å². The van der Waals surface area contributed by atoms with E-state index in [1.807, 2.05) is 31.3 Å². The van der Waals surface area contributed by atoms with Crippen molar-refractivity contribution >= 4 is 6.03 Å². The number of benzene rings is 1. The Morgan fingerprint density at radius 2 is 2.11 bits per heavy atom. The zero-order chi connectivity index (χ0) is 12.8. The molecule has 0 spiro atoms. The molecule has 2 amide bonds. The molecule has 0 aliphatic heterocycles. The molecule has 3 heteroatoms. The molecule has 1 aliphatic rings. The van der Waals surface area contributed by atoms with Crippen molar-refractivity contribution in [1.82, 2.24) is 10.6 Å². The van der Waals surface area contributed by atoms with E-state index >= 15 is 0 Å². The van der Waals surface area contributed by atoms with Gasteiger partial charge in [0.15, 0.2) is 0 Å². The van der Waals surface area contributed by atoms with E-state index in [4.69, 9.17) is 0 Å². The molecule has 0 bridgehead atoms. The molecule has 1 saturated carbocycles. The molecule has 2 rings (SSSR count). The summed E-state index contributed by atoms with van der Waals surface area (Å²) in [7, 11) is 0. The van der Waals surface area contributed by atoms with E-state index in [0.717, 1.165) is 18.4 Å². The third-order valence-electron chi connectivity index (χ3n) is 3.19.